The summed E-state index contributed by atoms with van der Waals surface area (Å²) in [4.78, 5) is 27.2. The number of hydrogen-bond donors (Lipinski definition) is 1. The Kier molecular flexibility index (Phi) is 3.74. The first-order chi connectivity index (χ1) is 8.65. The lowest BCUT2D eigenvalue weighted by molar-refractivity contribution is 0.0561. The second-order valence-electron chi connectivity index (χ2n) is 4.38. The largest absolute Gasteiger partial charge is 0.396 e. The summed E-state index contributed by atoms with van der Waals surface area (Å²) < 4.78 is 0. The molecule has 0 saturated carbocycles. The molecule has 1 N–H and O–H groups in total. The molecular weight excluding hydrogens is 232 g/mol. The van der Waals surface area contributed by atoms with Crippen LogP contribution in [0.15, 0.2) is 24.3 Å². The average molecular weight is 248 g/mol. The Bertz CT molecular complexity index is 438. The third-order valence-electron chi connectivity index (χ3n) is 2.96. The lowest BCUT2D eigenvalue weighted by atomic mass is 10.1. The van der Waals surface area contributed by atoms with E-state index in [1.807, 2.05) is 11.9 Å². The van der Waals surface area contributed by atoms with Crippen LogP contribution >= 0.6 is 0 Å². The molecule has 1 aromatic carbocycles. The van der Waals surface area contributed by atoms with Crippen LogP contribution in [0.2, 0.25) is 0 Å². The number of aliphatic hydroxyl groups is 1. The quantitative estimate of drug-likeness (QED) is 0.773. The maximum Gasteiger partial charge on any atom is 0.262 e. The van der Waals surface area contributed by atoms with Crippen LogP contribution in [0.3, 0.4) is 0 Å². The molecule has 0 unspecified atom stereocenters. The van der Waals surface area contributed by atoms with Gasteiger partial charge in [-0.15, -0.1) is 0 Å². The van der Waals surface area contributed by atoms with Crippen molar-refractivity contribution in [2.24, 2.45) is 0 Å². The molecule has 2 amide bonds. The van der Waals surface area contributed by atoms with Crippen molar-refractivity contribution in [3.05, 3.63) is 35.4 Å². The Morgan fingerprint density at radius 1 is 1.17 bits per heavy atom. The van der Waals surface area contributed by atoms with Crippen LogP contribution in [0.25, 0.3) is 0 Å². The second-order valence-corrected chi connectivity index (χ2v) is 4.38. The van der Waals surface area contributed by atoms with Crippen LogP contribution in [0, 0.1) is 0 Å². The number of carbonyl (C=O) groups is 2. The highest BCUT2D eigenvalue weighted by Crippen LogP contribution is 2.22. The van der Waals surface area contributed by atoms with E-state index in [0.717, 1.165) is 0 Å². The van der Waals surface area contributed by atoms with E-state index in [0.29, 0.717) is 24.1 Å². The van der Waals surface area contributed by atoms with E-state index >= 15 is 0 Å². The molecule has 0 bridgehead atoms. The summed E-state index contributed by atoms with van der Waals surface area (Å²) >= 11 is 0. The molecule has 1 aliphatic rings. The van der Waals surface area contributed by atoms with Crippen molar-refractivity contribution in [2.75, 3.05) is 26.9 Å². The van der Waals surface area contributed by atoms with Gasteiger partial charge in [0.2, 0.25) is 0 Å². The summed E-state index contributed by atoms with van der Waals surface area (Å²) in [5.74, 6) is -0.488. The van der Waals surface area contributed by atoms with Gasteiger partial charge in [0.1, 0.15) is 0 Å². The standard InChI is InChI=1S/C13H16N2O3/c1-14(7-4-8-16)9-15-12(17)10-5-2-3-6-11(10)13(15)18/h2-3,5-6,16H,4,7-9H2,1H3. The summed E-state index contributed by atoms with van der Waals surface area (Å²) in [6, 6.07) is 6.85. The van der Waals surface area contributed by atoms with Gasteiger partial charge >= 0.3 is 0 Å². The molecule has 0 saturated heterocycles. The number of benzene rings is 1. The number of hydrogen-bond acceptors (Lipinski definition) is 4. The lowest BCUT2D eigenvalue weighted by Gasteiger charge is -2.22. The number of fused-ring (bicyclic) bond motifs is 1. The van der Waals surface area contributed by atoms with E-state index in [-0.39, 0.29) is 25.1 Å². The van der Waals surface area contributed by atoms with Gasteiger partial charge < -0.3 is 5.11 Å². The number of carbonyl (C=O) groups excluding carboxylic acids is 2. The summed E-state index contributed by atoms with van der Waals surface area (Å²) in [6.45, 7) is 1.00. The molecule has 0 spiro atoms. The molecule has 0 fully saturated rings. The predicted octanol–water partition coefficient (Wildman–Crippen LogP) is 0.554. The van der Waals surface area contributed by atoms with Crippen LogP contribution in [-0.2, 0) is 0 Å². The number of rotatable bonds is 5. The van der Waals surface area contributed by atoms with Crippen molar-refractivity contribution < 1.29 is 14.7 Å². The topological polar surface area (TPSA) is 60.9 Å². The lowest BCUT2D eigenvalue weighted by Crippen LogP contribution is -2.39. The number of imide groups is 1. The fraction of sp³-hybridized carbons (Fsp3) is 0.385. The van der Waals surface area contributed by atoms with Gasteiger partial charge in [0, 0.05) is 13.2 Å². The van der Waals surface area contributed by atoms with Crippen LogP contribution in [0.4, 0.5) is 0 Å². The van der Waals surface area contributed by atoms with Gasteiger partial charge in [-0.1, -0.05) is 12.1 Å². The minimum Gasteiger partial charge on any atom is -0.396 e. The van der Waals surface area contributed by atoms with Crippen LogP contribution in [-0.4, -0.2) is 53.6 Å². The second kappa shape index (κ2) is 5.29. The zero-order valence-electron chi connectivity index (χ0n) is 10.3. The van der Waals surface area contributed by atoms with E-state index in [2.05, 4.69) is 0 Å². The van der Waals surface area contributed by atoms with Crippen molar-refractivity contribution in [2.45, 2.75) is 6.42 Å². The van der Waals surface area contributed by atoms with Gasteiger partial charge in [-0.05, 0) is 25.6 Å². The highest BCUT2D eigenvalue weighted by Gasteiger charge is 2.35. The van der Waals surface area contributed by atoms with Crippen molar-refractivity contribution in [3.63, 3.8) is 0 Å². The van der Waals surface area contributed by atoms with Crippen molar-refractivity contribution in [1.82, 2.24) is 9.80 Å². The molecule has 0 radical (unpaired) electrons. The fourth-order valence-corrected chi connectivity index (χ4v) is 2.02. The van der Waals surface area contributed by atoms with E-state index in [9.17, 15) is 9.59 Å². The minimum absolute atomic E-state index is 0.104. The van der Waals surface area contributed by atoms with Crippen LogP contribution in [0.5, 0.6) is 0 Å². The molecular formula is C13H16N2O3. The zero-order chi connectivity index (χ0) is 13.1. The number of amides is 2. The first-order valence-corrected chi connectivity index (χ1v) is 5.89. The smallest absolute Gasteiger partial charge is 0.262 e. The first kappa shape index (κ1) is 12.7. The van der Waals surface area contributed by atoms with E-state index in [1.54, 1.807) is 24.3 Å². The Morgan fingerprint density at radius 3 is 2.22 bits per heavy atom. The molecule has 18 heavy (non-hydrogen) atoms. The fourth-order valence-electron chi connectivity index (χ4n) is 2.02. The highest BCUT2D eigenvalue weighted by atomic mass is 16.3. The molecule has 0 atom stereocenters. The normalized spacial score (nSPS) is 14.5. The Morgan fingerprint density at radius 2 is 1.72 bits per heavy atom. The highest BCUT2D eigenvalue weighted by molar-refractivity contribution is 6.21. The van der Waals surface area contributed by atoms with Crippen molar-refractivity contribution in [1.29, 1.82) is 0 Å². The van der Waals surface area contributed by atoms with E-state index in [1.165, 1.54) is 4.90 Å². The Labute approximate surface area is 106 Å². The SMILES string of the molecule is CN(CCCO)CN1C(=O)c2ccccc2C1=O. The molecule has 5 nitrogen and oxygen atoms in total. The molecule has 0 aromatic heterocycles. The van der Waals surface area contributed by atoms with Gasteiger partial charge in [0.15, 0.2) is 0 Å². The molecule has 0 aliphatic carbocycles. The van der Waals surface area contributed by atoms with Crippen LogP contribution in [0.1, 0.15) is 27.1 Å². The maximum absolute atomic E-state index is 12.0. The third-order valence-corrected chi connectivity index (χ3v) is 2.96. The molecule has 2 rings (SSSR count). The Hall–Kier alpha value is -1.72. The van der Waals surface area contributed by atoms with Gasteiger partial charge in [-0.2, -0.15) is 0 Å². The molecule has 1 aliphatic heterocycles. The number of aliphatic hydroxyl groups excluding tert-OH is 1. The minimum atomic E-state index is -0.244. The van der Waals surface area contributed by atoms with Crippen molar-refractivity contribution >= 4 is 11.8 Å². The van der Waals surface area contributed by atoms with Gasteiger partial charge in [-0.3, -0.25) is 19.4 Å². The van der Waals surface area contributed by atoms with Gasteiger partial charge in [0.05, 0.1) is 17.8 Å². The molecule has 1 aromatic rings. The van der Waals surface area contributed by atoms with E-state index < -0.39 is 0 Å². The van der Waals surface area contributed by atoms with Gasteiger partial charge in [0.25, 0.3) is 11.8 Å². The predicted molar refractivity (Wildman–Crippen MR) is 66.1 cm³/mol. The summed E-state index contributed by atoms with van der Waals surface area (Å²) in [5, 5.41) is 8.75. The van der Waals surface area contributed by atoms with Gasteiger partial charge in [-0.25, -0.2) is 0 Å². The zero-order valence-corrected chi connectivity index (χ0v) is 10.3. The summed E-state index contributed by atoms with van der Waals surface area (Å²) in [6.07, 6.45) is 0.625. The molecule has 96 valence electrons. The average Bonchev–Trinajstić information content (AvgIpc) is 2.62. The third kappa shape index (κ3) is 2.27. The molecule has 1 heterocycles. The van der Waals surface area contributed by atoms with E-state index in [4.69, 9.17) is 5.11 Å². The Balaban J connectivity index is 2.09. The number of nitrogens with zero attached hydrogens (tertiary/aromatic N) is 2. The first-order valence-electron chi connectivity index (χ1n) is 5.89. The monoisotopic (exact) mass is 248 g/mol. The van der Waals surface area contributed by atoms with Crippen molar-refractivity contribution in [3.8, 4) is 0 Å². The summed E-state index contributed by atoms with van der Waals surface area (Å²) in [7, 11) is 1.82. The maximum atomic E-state index is 12.0. The summed E-state index contributed by atoms with van der Waals surface area (Å²) in [5.41, 5.74) is 0.941. The molecule has 5 heteroatoms. The van der Waals surface area contributed by atoms with Crippen LogP contribution < -0.4 is 0 Å².